The van der Waals surface area contributed by atoms with Crippen LogP contribution in [-0.2, 0) is 5.75 Å². The van der Waals surface area contributed by atoms with Crippen molar-refractivity contribution in [2.45, 2.75) is 31.6 Å². The van der Waals surface area contributed by atoms with Crippen molar-refractivity contribution >= 4 is 11.8 Å². The van der Waals surface area contributed by atoms with E-state index in [9.17, 15) is 0 Å². The maximum atomic E-state index is 5.56. The second-order valence-electron chi connectivity index (χ2n) is 4.13. The van der Waals surface area contributed by atoms with Gasteiger partial charge in [-0.15, -0.1) is 5.10 Å². The van der Waals surface area contributed by atoms with Crippen LogP contribution in [0.15, 0.2) is 0 Å². The maximum Gasteiger partial charge on any atom is 0.161 e. The lowest BCUT2D eigenvalue weighted by Gasteiger charge is -2.07. The summed E-state index contributed by atoms with van der Waals surface area (Å²) in [7, 11) is 0. The first kappa shape index (κ1) is 10.9. The molecule has 84 valence electrons. The van der Waals surface area contributed by atoms with Gasteiger partial charge in [0.1, 0.15) is 0 Å². The Morgan fingerprint density at radius 1 is 1.60 bits per heavy atom. The Labute approximate surface area is 93.8 Å². The molecule has 15 heavy (non-hydrogen) atoms. The van der Waals surface area contributed by atoms with E-state index in [1.807, 2.05) is 16.4 Å². The van der Waals surface area contributed by atoms with Gasteiger partial charge in [0.2, 0.25) is 0 Å². The highest BCUT2D eigenvalue weighted by Gasteiger charge is 2.27. The van der Waals surface area contributed by atoms with Crippen LogP contribution in [0.2, 0.25) is 0 Å². The summed E-state index contributed by atoms with van der Waals surface area (Å²) in [5.41, 5.74) is 5.56. The first-order valence-corrected chi connectivity index (χ1v) is 6.51. The molecule has 1 fully saturated rings. The summed E-state index contributed by atoms with van der Waals surface area (Å²) in [5.74, 6) is 3.55. The third kappa shape index (κ3) is 2.92. The standard InChI is InChI=1S/C9H17N5S/c1-7(4-10)5-15-6-9-11-12-13-14(9)8-2-3-8/h7-8H,2-6,10H2,1H3. The molecule has 0 spiro atoms. The predicted octanol–water partition coefficient (Wildman–Crippen LogP) is 0.836. The minimum absolute atomic E-state index is 0.570. The molecule has 1 atom stereocenters. The van der Waals surface area contributed by atoms with Crippen LogP contribution < -0.4 is 5.73 Å². The van der Waals surface area contributed by atoms with Crippen molar-refractivity contribution < 1.29 is 0 Å². The van der Waals surface area contributed by atoms with Gasteiger partial charge in [-0.25, -0.2) is 4.68 Å². The van der Waals surface area contributed by atoms with Crippen molar-refractivity contribution in [1.29, 1.82) is 0 Å². The van der Waals surface area contributed by atoms with E-state index < -0.39 is 0 Å². The molecule has 1 aromatic rings. The van der Waals surface area contributed by atoms with Crippen LogP contribution in [0.25, 0.3) is 0 Å². The van der Waals surface area contributed by atoms with E-state index in [2.05, 4.69) is 22.4 Å². The largest absolute Gasteiger partial charge is 0.330 e. The zero-order valence-corrected chi connectivity index (χ0v) is 9.78. The predicted molar refractivity (Wildman–Crippen MR) is 60.5 cm³/mol. The minimum Gasteiger partial charge on any atom is -0.330 e. The summed E-state index contributed by atoms with van der Waals surface area (Å²) in [6.45, 7) is 2.91. The fourth-order valence-corrected chi connectivity index (χ4v) is 2.36. The van der Waals surface area contributed by atoms with Gasteiger partial charge in [0.25, 0.3) is 0 Å². The van der Waals surface area contributed by atoms with E-state index in [0.717, 1.165) is 23.9 Å². The van der Waals surface area contributed by atoms with E-state index in [-0.39, 0.29) is 0 Å². The highest BCUT2D eigenvalue weighted by atomic mass is 32.2. The molecule has 1 heterocycles. The first-order chi connectivity index (χ1) is 7.31. The van der Waals surface area contributed by atoms with E-state index >= 15 is 0 Å². The summed E-state index contributed by atoms with van der Waals surface area (Å²) in [4.78, 5) is 0. The Bertz CT molecular complexity index is 309. The SMILES string of the molecule is CC(CN)CSCc1nnnn1C1CC1. The smallest absolute Gasteiger partial charge is 0.161 e. The molecule has 5 nitrogen and oxygen atoms in total. The molecule has 1 aromatic heterocycles. The van der Waals surface area contributed by atoms with Crippen molar-refractivity contribution in [2.24, 2.45) is 11.7 Å². The molecular weight excluding hydrogens is 210 g/mol. The van der Waals surface area contributed by atoms with Crippen molar-refractivity contribution in [2.75, 3.05) is 12.3 Å². The lowest BCUT2D eigenvalue weighted by Crippen LogP contribution is -2.13. The molecule has 0 aliphatic heterocycles. The Balaban J connectivity index is 1.80. The van der Waals surface area contributed by atoms with Crippen LogP contribution in [-0.4, -0.2) is 32.5 Å². The van der Waals surface area contributed by atoms with Crippen molar-refractivity contribution in [3.63, 3.8) is 0 Å². The van der Waals surface area contributed by atoms with Crippen LogP contribution in [0.3, 0.4) is 0 Å². The van der Waals surface area contributed by atoms with E-state index in [4.69, 9.17) is 5.73 Å². The van der Waals surface area contributed by atoms with Crippen molar-refractivity contribution in [3.8, 4) is 0 Å². The fraction of sp³-hybridized carbons (Fsp3) is 0.889. The zero-order valence-electron chi connectivity index (χ0n) is 8.96. The molecule has 2 N–H and O–H groups in total. The molecule has 1 aliphatic rings. The number of aromatic nitrogens is 4. The van der Waals surface area contributed by atoms with Crippen LogP contribution in [0.5, 0.6) is 0 Å². The molecule has 1 saturated carbocycles. The number of hydrogen-bond acceptors (Lipinski definition) is 5. The molecule has 0 bridgehead atoms. The molecular formula is C9H17N5S. The number of thioether (sulfide) groups is 1. The van der Waals surface area contributed by atoms with Crippen molar-refractivity contribution in [1.82, 2.24) is 20.2 Å². The first-order valence-electron chi connectivity index (χ1n) is 5.35. The normalized spacial score (nSPS) is 18.0. The quantitative estimate of drug-likeness (QED) is 0.779. The van der Waals surface area contributed by atoms with Gasteiger partial charge in [-0.1, -0.05) is 6.92 Å². The van der Waals surface area contributed by atoms with Gasteiger partial charge >= 0.3 is 0 Å². The molecule has 1 aliphatic carbocycles. The number of tetrazole rings is 1. The van der Waals surface area contributed by atoms with Crippen LogP contribution >= 0.6 is 11.8 Å². The highest BCUT2D eigenvalue weighted by Crippen LogP contribution is 2.34. The van der Waals surface area contributed by atoms with Gasteiger partial charge in [-0.2, -0.15) is 11.8 Å². The molecule has 0 radical (unpaired) electrons. The Kier molecular flexibility index (Phi) is 3.58. The monoisotopic (exact) mass is 227 g/mol. The number of hydrogen-bond donors (Lipinski definition) is 1. The topological polar surface area (TPSA) is 69.6 Å². The fourth-order valence-electron chi connectivity index (χ4n) is 1.33. The summed E-state index contributed by atoms with van der Waals surface area (Å²) in [6, 6.07) is 0.572. The van der Waals surface area contributed by atoms with Gasteiger partial charge < -0.3 is 5.73 Å². The molecule has 0 amide bonds. The van der Waals surface area contributed by atoms with Gasteiger partial charge in [0.15, 0.2) is 5.82 Å². The summed E-state index contributed by atoms with van der Waals surface area (Å²) in [5, 5.41) is 11.8. The Morgan fingerprint density at radius 3 is 3.07 bits per heavy atom. The third-order valence-electron chi connectivity index (χ3n) is 2.49. The van der Waals surface area contributed by atoms with Gasteiger partial charge in [0.05, 0.1) is 11.8 Å². The second kappa shape index (κ2) is 4.94. The van der Waals surface area contributed by atoms with Gasteiger partial charge in [-0.05, 0) is 41.5 Å². The molecule has 1 unspecified atom stereocenters. The number of nitrogens with two attached hydrogens (primary N) is 1. The van der Waals surface area contributed by atoms with Crippen LogP contribution in [0.4, 0.5) is 0 Å². The van der Waals surface area contributed by atoms with E-state index in [0.29, 0.717) is 12.0 Å². The Morgan fingerprint density at radius 2 is 2.40 bits per heavy atom. The maximum absolute atomic E-state index is 5.56. The molecule has 0 aromatic carbocycles. The summed E-state index contributed by atoms with van der Waals surface area (Å²) < 4.78 is 1.97. The Hall–Kier alpha value is -0.620. The van der Waals surface area contributed by atoms with E-state index in [1.165, 1.54) is 12.8 Å². The highest BCUT2D eigenvalue weighted by molar-refractivity contribution is 7.98. The molecule has 2 rings (SSSR count). The second-order valence-corrected chi connectivity index (χ2v) is 5.16. The lowest BCUT2D eigenvalue weighted by atomic mass is 10.2. The van der Waals surface area contributed by atoms with Gasteiger partial charge in [-0.3, -0.25) is 0 Å². The number of nitrogens with zero attached hydrogens (tertiary/aromatic N) is 4. The van der Waals surface area contributed by atoms with E-state index in [1.54, 1.807) is 0 Å². The average molecular weight is 227 g/mol. The average Bonchev–Trinajstić information content (AvgIpc) is 2.99. The zero-order chi connectivity index (χ0) is 10.7. The van der Waals surface area contributed by atoms with Gasteiger partial charge in [0, 0.05) is 0 Å². The minimum atomic E-state index is 0.570. The van der Waals surface area contributed by atoms with Crippen LogP contribution in [0.1, 0.15) is 31.6 Å². The molecule has 0 saturated heterocycles. The summed E-state index contributed by atoms with van der Waals surface area (Å²) >= 11 is 1.86. The number of rotatable bonds is 6. The summed E-state index contributed by atoms with van der Waals surface area (Å²) in [6.07, 6.45) is 2.45. The van der Waals surface area contributed by atoms with Crippen molar-refractivity contribution in [3.05, 3.63) is 5.82 Å². The lowest BCUT2D eigenvalue weighted by molar-refractivity contribution is 0.593. The van der Waals surface area contributed by atoms with Crippen LogP contribution in [0, 0.1) is 5.92 Å². The third-order valence-corrected chi connectivity index (χ3v) is 3.76. The molecule has 6 heteroatoms.